The van der Waals surface area contributed by atoms with Crippen LogP contribution in [0.1, 0.15) is 49.4 Å². The van der Waals surface area contributed by atoms with Gasteiger partial charge in [0.2, 0.25) is 10.7 Å². The van der Waals surface area contributed by atoms with Gasteiger partial charge in [-0.3, -0.25) is 14.4 Å². The minimum Gasteiger partial charge on any atom is -0.341 e. The summed E-state index contributed by atoms with van der Waals surface area (Å²) in [4.78, 5) is 40.7. The van der Waals surface area contributed by atoms with Crippen LogP contribution in [0.4, 0.5) is 0 Å². The third-order valence-electron chi connectivity index (χ3n) is 6.09. The molecule has 1 aliphatic heterocycles. The van der Waals surface area contributed by atoms with E-state index in [9.17, 15) is 14.4 Å². The van der Waals surface area contributed by atoms with Gasteiger partial charge in [-0.05, 0) is 74.1 Å². The molecule has 0 saturated carbocycles. The first-order valence-corrected chi connectivity index (χ1v) is 13.9. The van der Waals surface area contributed by atoms with E-state index < -0.39 is 6.04 Å². The maximum absolute atomic E-state index is 12.4. The van der Waals surface area contributed by atoms with Crippen LogP contribution in [0.3, 0.4) is 0 Å². The van der Waals surface area contributed by atoms with Gasteiger partial charge in [0.1, 0.15) is 0 Å². The van der Waals surface area contributed by atoms with E-state index in [1.165, 1.54) is 43.5 Å². The average molecular weight is 528 g/mol. The molecule has 8 heteroatoms. The highest BCUT2D eigenvalue weighted by Gasteiger charge is 2.20. The van der Waals surface area contributed by atoms with Gasteiger partial charge < -0.3 is 15.2 Å². The number of thioether (sulfide) groups is 1. The fourth-order valence-corrected chi connectivity index (χ4v) is 5.11. The van der Waals surface area contributed by atoms with Gasteiger partial charge in [-0.2, -0.15) is 0 Å². The molecule has 192 valence electrons. The van der Waals surface area contributed by atoms with Crippen LogP contribution in [0.25, 0.3) is 10.9 Å². The molecule has 1 amide bonds. The molecule has 2 heterocycles. The van der Waals surface area contributed by atoms with Crippen molar-refractivity contribution < 1.29 is 9.59 Å². The topological polar surface area (TPSA) is 82.3 Å². The molecule has 1 atom stereocenters. The zero-order valence-electron chi connectivity index (χ0n) is 20.7. The Hall–Kier alpha value is -2.61. The lowest BCUT2D eigenvalue weighted by Crippen LogP contribution is -2.39. The first-order chi connectivity index (χ1) is 17.5. The highest BCUT2D eigenvalue weighted by atomic mass is 35.5. The summed E-state index contributed by atoms with van der Waals surface area (Å²) in [5.41, 5.74) is 1.36. The number of aromatic nitrogens is 1. The number of rotatable bonds is 7. The summed E-state index contributed by atoms with van der Waals surface area (Å²) < 4.78 is 0. The Morgan fingerprint density at radius 2 is 1.69 bits per heavy atom. The molecular formula is C28H34ClN3O3S. The molecule has 2 N–H and O–H groups in total. The molecule has 0 radical (unpaired) electrons. The van der Waals surface area contributed by atoms with E-state index in [4.69, 9.17) is 11.6 Å². The summed E-state index contributed by atoms with van der Waals surface area (Å²) >= 11 is 7.17. The number of nitrogens with one attached hydrogen (secondary N) is 2. The van der Waals surface area contributed by atoms with E-state index in [1.54, 1.807) is 24.3 Å². The SMILES string of the molecule is CCC(NC(=O)c1ccc(Cl)cc1)C(=O)SCCN1CCCCCC1.O=c1ccc2ccccc2[nH]1. The van der Waals surface area contributed by atoms with Crippen LogP contribution in [-0.4, -0.2) is 52.3 Å². The molecule has 4 rings (SSSR count). The lowest BCUT2D eigenvalue weighted by atomic mass is 10.2. The van der Waals surface area contributed by atoms with Crippen molar-refractivity contribution >= 4 is 45.3 Å². The first-order valence-electron chi connectivity index (χ1n) is 12.5. The number of H-pyrrole nitrogens is 1. The molecule has 1 fully saturated rings. The molecule has 1 aromatic heterocycles. The van der Waals surface area contributed by atoms with Crippen molar-refractivity contribution in [1.82, 2.24) is 15.2 Å². The Morgan fingerprint density at radius 3 is 2.39 bits per heavy atom. The van der Waals surface area contributed by atoms with Gasteiger partial charge in [-0.1, -0.05) is 61.3 Å². The summed E-state index contributed by atoms with van der Waals surface area (Å²) in [7, 11) is 0. The van der Waals surface area contributed by atoms with E-state index in [0.29, 0.717) is 17.0 Å². The number of halogens is 1. The third-order valence-corrected chi connectivity index (χ3v) is 7.30. The lowest BCUT2D eigenvalue weighted by molar-refractivity contribution is -0.112. The smallest absolute Gasteiger partial charge is 0.251 e. The van der Waals surface area contributed by atoms with Gasteiger partial charge in [0.25, 0.3) is 5.91 Å². The second-order valence-corrected chi connectivity index (χ2v) is 10.3. The predicted molar refractivity (Wildman–Crippen MR) is 150 cm³/mol. The number of fused-ring (bicyclic) bond motifs is 1. The van der Waals surface area contributed by atoms with Crippen LogP contribution in [0.2, 0.25) is 5.02 Å². The van der Waals surface area contributed by atoms with Crippen molar-refractivity contribution in [2.45, 2.75) is 45.1 Å². The minimum atomic E-state index is -0.447. The second-order valence-electron chi connectivity index (χ2n) is 8.77. The van der Waals surface area contributed by atoms with Crippen LogP contribution in [0, 0.1) is 0 Å². The fourth-order valence-electron chi connectivity index (χ4n) is 4.00. The number of carbonyl (C=O) groups excluding carboxylic acids is 2. The third kappa shape index (κ3) is 9.12. The van der Waals surface area contributed by atoms with Crippen molar-refractivity contribution in [3.63, 3.8) is 0 Å². The van der Waals surface area contributed by atoms with Crippen LogP contribution in [0.5, 0.6) is 0 Å². The van der Waals surface area contributed by atoms with E-state index >= 15 is 0 Å². The van der Waals surface area contributed by atoms with Crippen molar-refractivity contribution in [1.29, 1.82) is 0 Å². The van der Waals surface area contributed by atoms with Crippen molar-refractivity contribution in [2.24, 2.45) is 0 Å². The molecule has 0 bridgehead atoms. The fraction of sp³-hybridized carbons (Fsp3) is 0.393. The molecule has 1 unspecified atom stereocenters. The molecule has 0 spiro atoms. The van der Waals surface area contributed by atoms with Gasteiger partial charge in [0, 0.05) is 34.5 Å². The van der Waals surface area contributed by atoms with Crippen LogP contribution in [-0.2, 0) is 4.79 Å². The quantitative estimate of drug-likeness (QED) is 0.423. The number of carbonyl (C=O) groups is 2. The number of hydrogen-bond donors (Lipinski definition) is 2. The Kier molecular flexibility index (Phi) is 11.5. The average Bonchev–Trinajstić information content (AvgIpc) is 3.16. The van der Waals surface area contributed by atoms with Gasteiger partial charge in [-0.25, -0.2) is 0 Å². The van der Waals surface area contributed by atoms with Crippen LogP contribution in [0.15, 0.2) is 65.5 Å². The monoisotopic (exact) mass is 527 g/mol. The highest BCUT2D eigenvalue weighted by Crippen LogP contribution is 2.14. The standard InChI is InChI=1S/C19H27ClN2O2S.C9H7NO/c1-2-17(21-18(23)15-7-9-16(20)10-8-15)19(24)25-14-13-22-11-5-3-4-6-12-22;11-9-6-5-7-3-1-2-4-8(7)10-9/h7-10,17H,2-6,11-14H2,1H3,(H,21,23);1-6H,(H,10,11). The van der Waals surface area contributed by atoms with Crippen LogP contribution >= 0.6 is 23.4 Å². The molecule has 36 heavy (non-hydrogen) atoms. The zero-order chi connectivity index (χ0) is 25.8. The van der Waals surface area contributed by atoms with Crippen molar-refractivity contribution in [3.8, 4) is 0 Å². The van der Waals surface area contributed by atoms with E-state index in [1.807, 2.05) is 37.3 Å². The van der Waals surface area contributed by atoms with Crippen molar-refractivity contribution in [2.75, 3.05) is 25.4 Å². The van der Waals surface area contributed by atoms with E-state index in [2.05, 4.69) is 15.2 Å². The Labute approximate surface area is 221 Å². The molecule has 1 saturated heterocycles. The maximum atomic E-state index is 12.4. The largest absolute Gasteiger partial charge is 0.341 e. The Bertz CT molecular complexity index is 1170. The number of hydrogen-bond acceptors (Lipinski definition) is 5. The summed E-state index contributed by atoms with van der Waals surface area (Å²) in [6, 6.07) is 17.3. The number of likely N-dealkylation sites (tertiary alicyclic amines) is 1. The zero-order valence-corrected chi connectivity index (χ0v) is 22.2. The van der Waals surface area contributed by atoms with Gasteiger partial charge in [0.15, 0.2) is 0 Å². The summed E-state index contributed by atoms with van der Waals surface area (Å²) in [5.74, 6) is 0.552. The summed E-state index contributed by atoms with van der Waals surface area (Å²) in [5, 5.41) is 4.52. The normalized spacial score (nSPS) is 14.8. The number of amides is 1. The molecule has 1 aliphatic rings. The Balaban J connectivity index is 0.000000270. The number of aromatic amines is 1. The molecular weight excluding hydrogens is 494 g/mol. The maximum Gasteiger partial charge on any atom is 0.251 e. The van der Waals surface area contributed by atoms with Gasteiger partial charge in [0.05, 0.1) is 6.04 Å². The highest BCUT2D eigenvalue weighted by molar-refractivity contribution is 8.13. The molecule has 0 aliphatic carbocycles. The molecule has 6 nitrogen and oxygen atoms in total. The van der Waals surface area contributed by atoms with E-state index in [0.717, 1.165) is 36.3 Å². The molecule has 2 aromatic carbocycles. The van der Waals surface area contributed by atoms with Crippen LogP contribution < -0.4 is 10.9 Å². The minimum absolute atomic E-state index is 0.0413. The number of nitrogens with zero attached hydrogens (tertiary/aromatic N) is 1. The first kappa shape index (κ1) is 28.0. The van der Waals surface area contributed by atoms with Gasteiger partial charge >= 0.3 is 0 Å². The molecule has 3 aromatic rings. The van der Waals surface area contributed by atoms with Gasteiger partial charge in [-0.15, -0.1) is 0 Å². The number of para-hydroxylation sites is 1. The van der Waals surface area contributed by atoms with E-state index in [-0.39, 0.29) is 16.6 Å². The summed E-state index contributed by atoms with van der Waals surface area (Å²) in [6.07, 6.45) is 5.74. The Morgan fingerprint density at radius 1 is 1.00 bits per heavy atom. The lowest BCUT2D eigenvalue weighted by Gasteiger charge is -2.20. The predicted octanol–water partition coefficient (Wildman–Crippen LogP) is 5.51. The second kappa shape index (κ2) is 14.8. The number of benzene rings is 2. The summed E-state index contributed by atoms with van der Waals surface area (Å²) in [6.45, 7) is 5.14. The number of pyridine rings is 1. The van der Waals surface area contributed by atoms with Crippen molar-refractivity contribution in [3.05, 3.63) is 81.6 Å².